The molecule has 0 aromatic heterocycles. The molecule has 0 saturated heterocycles. The van der Waals surface area contributed by atoms with Crippen molar-refractivity contribution in [3.8, 4) is 0 Å². The molecule has 1 aliphatic rings. The van der Waals surface area contributed by atoms with E-state index >= 15 is 0 Å². The topological polar surface area (TPSA) is 18.8 Å². The molecule has 1 atom stereocenters. The number of alkyl halides is 1. The van der Waals surface area contributed by atoms with Gasteiger partial charge in [-0.2, -0.15) is 5.10 Å². The summed E-state index contributed by atoms with van der Waals surface area (Å²) in [7, 11) is 0. The Morgan fingerprint density at radius 1 is 1.31 bits per heavy atom. The maximum absolute atomic E-state index is 4.44. The Hall–Kier alpha value is -0.250. The van der Waals surface area contributed by atoms with Crippen LogP contribution in [0.5, 0.6) is 0 Å². The monoisotopic (exact) mass is 289 g/mol. The van der Waals surface area contributed by atoms with Crippen LogP contribution < -0.4 is 0 Å². The summed E-state index contributed by atoms with van der Waals surface area (Å²) in [5, 5.41) is 6.83. The van der Waals surface area contributed by atoms with Crippen LogP contribution in [0.1, 0.15) is 46.5 Å². The highest BCUT2D eigenvalue weighted by atomic mass is 79.9. The minimum absolute atomic E-state index is 0.261. The van der Waals surface area contributed by atoms with Gasteiger partial charge in [0.2, 0.25) is 0 Å². The van der Waals surface area contributed by atoms with Crippen molar-refractivity contribution >= 4 is 22.3 Å². The number of hydrazone groups is 1. The van der Waals surface area contributed by atoms with E-state index in [0.717, 1.165) is 13.1 Å². The van der Waals surface area contributed by atoms with Crippen LogP contribution in [0.4, 0.5) is 0 Å². The minimum atomic E-state index is 0.261. The highest BCUT2D eigenvalue weighted by molar-refractivity contribution is 9.09. The molecule has 16 heavy (non-hydrogen) atoms. The Kier molecular flexibility index (Phi) is 6.17. The SMILES string of the molecule is CCCCCCN1N=CN(CC(C)C)C1Br. The number of hydrogen-bond acceptors (Lipinski definition) is 3. The lowest BCUT2D eigenvalue weighted by atomic mass is 10.2. The molecule has 94 valence electrons. The summed E-state index contributed by atoms with van der Waals surface area (Å²) in [5.74, 6) is 0.673. The summed E-state index contributed by atoms with van der Waals surface area (Å²) < 4.78 is 0. The molecular formula is C12H24BrN3. The van der Waals surface area contributed by atoms with E-state index in [-0.39, 0.29) is 5.08 Å². The summed E-state index contributed by atoms with van der Waals surface area (Å²) in [6.07, 6.45) is 7.13. The van der Waals surface area contributed by atoms with Gasteiger partial charge < -0.3 is 4.90 Å². The van der Waals surface area contributed by atoms with Crippen molar-refractivity contribution in [2.45, 2.75) is 51.5 Å². The standard InChI is InChI=1S/C12H24BrN3/c1-4-5-6-7-8-16-12(13)15(10-14-16)9-11(2)3/h10-12H,4-9H2,1-3H3. The predicted molar refractivity (Wildman–Crippen MR) is 73.6 cm³/mol. The average Bonchev–Trinajstić information content (AvgIpc) is 2.56. The number of hydrogen-bond donors (Lipinski definition) is 0. The van der Waals surface area contributed by atoms with Crippen molar-refractivity contribution in [1.82, 2.24) is 9.91 Å². The van der Waals surface area contributed by atoms with Gasteiger partial charge >= 0.3 is 0 Å². The zero-order chi connectivity index (χ0) is 12.0. The van der Waals surface area contributed by atoms with Crippen LogP contribution >= 0.6 is 15.9 Å². The van der Waals surface area contributed by atoms with Crippen LogP contribution in [-0.4, -0.2) is 34.4 Å². The van der Waals surface area contributed by atoms with Gasteiger partial charge in [0.05, 0.1) is 0 Å². The second kappa shape index (κ2) is 7.15. The van der Waals surface area contributed by atoms with Gasteiger partial charge in [-0.25, -0.2) is 0 Å². The summed E-state index contributed by atoms with van der Waals surface area (Å²) in [4.78, 5) is 2.25. The lowest BCUT2D eigenvalue weighted by Crippen LogP contribution is -2.37. The molecule has 0 bridgehead atoms. The first-order chi connectivity index (χ1) is 7.65. The smallest absolute Gasteiger partial charge is 0.175 e. The fourth-order valence-electron chi connectivity index (χ4n) is 1.83. The van der Waals surface area contributed by atoms with Crippen molar-refractivity contribution in [3.05, 3.63) is 0 Å². The fraction of sp³-hybridized carbons (Fsp3) is 0.917. The van der Waals surface area contributed by atoms with Crippen molar-refractivity contribution in [3.63, 3.8) is 0 Å². The van der Waals surface area contributed by atoms with E-state index in [1.807, 2.05) is 6.34 Å². The van der Waals surface area contributed by atoms with Gasteiger partial charge in [-0.15, -0.1) is 0 Å². The van der Waals surface area contributed by atoms with Gasteiger partial charge in [0, 0.05) is 13.1 Å². The van der Waals surface area contributed by atoms with Crippen LogP contribution in [0.15, 0.2) is 5.10 Å². The lowest BCUT2D eigenvalue weighted by molar-refractivity contribution is 0.197. The van der Waals surface area contributed by atoms with Gasteiger partial charge in [-0.05, 0) is 28.3 Å². The Morgan fingerprint density at radius 2 is 2.06 bits per heavy atom. The van der Waals surface area contributed by atoms with Crippen molar-refractivity contribution < 1.29 is 0 Å². The molecule has 1 aliphatic heterocycles. The number of rotatable bonds is 7. The minimum Gasteiger partial charge on any atom is -0.330 e. The lowest BCUT2D eigenvalue weighted by Gasteiger charge is -2.26. The zero-order valence-electron chi connectivity index (χ0n) is 10.7. The molecule has 3 nitrogen and oxygen atoms in total. The van der Waals surface area contributed by atoms with Gasteiger partial charge in [0.25, 0.3) is 0 Å². The molecule has 0 spiro atoms. The third-order valence-electron chi connectivity index (χ3n) is 2.68. The van der Waals surface area contributed by atoms with E-state index in [0.29, 0.717) is 5.92 Å². The molecule has 4 heteroatoms. The summed E-state index contributed by atoms with van der Waals surface area (Å²) >= 11 is 3.70. The van der Waals surface area contributed by atoms with E-state index in [2.05, 4.69) is 51.7 Å². The van der Waals surface area contributed by atoms with Gasteiger partial charge in [0.1, 0.15) is 6.34 Å². The van der Waals surface area contributed by atoms with Crippen LogP contribution in [0, 0.1) is 5.92 Å². The highest BCUT2D eigenvalue weighted by Gasteiger charge is 2.24. The molecular weight excluding hydrogens is 266 g/mol. The molecule has 1 unspecified atom stereocenters. The molecule has 0 fully saturated rings. The first-order valence-electron chi connectivity index (χ1n) is 6.35. The zero-order valence-corrected chi connectivity index (χ0v) is 12.3. The average molecular weight is 290 g/mol. The van der Waals surface area contributed by atoms with Crippen molar-refractivity contribution in [2.24, 2.45) is 11.0 Å². The molecule has 0 aromatic carbocycles. The summed E-state index contributed by atoms with van der Waals surface area (Å²) in [5.41, 5.74) is 0. The van der Waals surface area contributed by atoms with Crippen LogP contribution in [0.25, 0.3) is 0 Å². The maximum Gasteiger partial charge on any atom is 0.175 e. The van der Waals surface area contributed by atoms with E-state index in [4.69, 9.17) is 0 Å². The molecule has 0 N–H and O–H groups in total. The predicted octanol–water partition coefficient (Wildman–Crippen LogP) is 3.46. The van der Waals surface area contributed by atoms with E-state index in [1.54, 1.807) is 0 Å². The molecule has 0 aromatic rings. The Labute approximate surface area is 108 Å². The number of nitrogens with zero attached hydrogens (tertiary/aromatic N) is 3. The van der Waals surface area contributed by atoms with Gasteiger partial charge in [-0.3, -0.25) is 5.01 Å². The maximum atomic E-state index is 4.44. The highest BCUT2D eigenvalue weighted by Crippen LogP contribution is 2.20. The summed E-state index contributed by atoms with van der Waals surface area (Å²) in [6, 6.07) is 0. The second-order valence-corrected chi connectivity index (χ2v) is 5.67. The normalized spacial score (nSPS) is 20.2. The van der Waals surface area contributed by atoms with E-state index in [1.165, 1.54) is 25.7 Å². The molecule has 0 saturated carbocycles. The Morgan fingerprint density at radius 3 is 2.69 bits per heavy atom. The first kappa shape index (κ1) is 13.8. The van der Waals surface area contributed by atoms with Crippen LogP contribution in [0.3, 0.4) is 0 Å². The van der Waals surface area contributed by atoms with Crippen molar-refractivity contribution in [1.29, 1.82) is 0 Å². The van der Waals surface area contributed by atoms with Crippen LogP contribution in [-0.2, 0) is 0 Å². The van der Waals surface area contributed by atoms with E-state index in [9.17, 15) is 0 Å². The largest absolute Gasteiger partial charge is 0.330 e. The molecule has 0 radical (unpaired) electrons. The molecule has 0 aliphatic carbocycles. The Balaban J connectivity index is 2.23. The third kappa shape index (κ3) is 4.32. The quantitative estimate of drug-likeness (QED) is 0.406. The van der Waals surface area contributed by atoms with E-state index < -0.39 is 0 Å². The van der Waals surface area contributed by atoms with Crippen LogP contribution in [0.2, 0.25) is 0 Å². The third-order valence-corrected chi connectivity index (χ3v) is 3.68. The molecule has 1 rings (SSSR count). The Bertz CT molecular complexity index is 218. The fourth-order valence-corrected chi connectivity index (χ4v) is 2.42. The summed E-state index contributed by atoms with van der Waals surface area (Å²) in [6.45, 7) is 8.83. The number of unbranched alkanes of at least 4 members (excludes halogenated alkanes) is 3. The van der Waals surface area contributed by atoms with Crippen molar-refractivity contribution in [2.75, 3.05) is 13.1 Å². The molecule has 0 amide bonds. The number of halogens is 1. The second-order valence-electron chi connectivity index (χ2n) is 4.86. The van der Waals surface area contributed by atoms with Gasteiger partial charge in [-0.1, -0.05) is 40.0 Å². The van der Waals surface area contributed by atoms with Gasteiger partial charge in [0.15, 0.2) is 5.08 Å². The molecule has 1 heterocycles. The first-order valence-corrected chi connectivity index (χ1v) is 7.27.